The number of fused-ring (bicyclic) bond motifs is 3. The Hall–Kier alpha value is -10.3. The molecule has 10 heterocycles. The Bertz CT molecular complexity index is 5690. The predicted octanol–water partition coefficient (Wildman–Crippen LogP) is 10.9. The summed E-state index contributed by atoms with van der Waals surface area (Å²) in [6.45, 7) is 34.4. The van der Waals surface area contributed by atoms with E-state index in [-0.39, 0.29) is 106 Å². The smallest absolute Gasteiger partial charge is 0.850 e. The molecule has 130 heavy (non-hydrogen) atoms. The molecule has 12 aromatic rings. The van der Waals surface area contributed by atoms with E-state index in [1.165, 1.54) is 54.3 Å². The number of anilines is 3. The van der Waals surface area contributed by atoms with Crippen LogP contribution in [-0.4, -0.2) is 228 Å². The number of imidazole rings is 3. The number of nitrogens with zero attached hydrogens (tertiary/aromatic N) is 15. The molecule has 0 radical (unpaired) electrons. The number of aliphatic hydroxyl groups is 1. The fourth-order valence-electron chi connectivity index (χ4n) is 13.7. The summed E-state index contributed by atoms with van der Waals surface area (Å²) in [4.78, 5) is 64.4. The van der Waals surface area contributed by atoms with Gasteiger partial charge in [-0.25, -0.2) is 33.3 Å². The van der Waals surface area contributed by atoms with E-state index in [1.807, 2.05) is 124 Å². The van der Waals surface area contributed by atoms with Gasteiger partial charge >= 0.3 is 63.5 Å². The number of amides is 2. The first-order chi connectivity index (χ1) is 60.8. The van der Waals surface area contributed by atoms with Crippen molar-refractivity contribution in [2.24, 2.45) is 0 Å². The topological polar surface area (TPSA) is 273 Å². The van der Waals surface area contributed by atoms with Gasteiger partial charge in [-0.05, 0) is 254 Å². The number of halogens is 5. The number of aliphatic hydroxyl groups excluding tert-OH is 1. The number of methoxy groups -OCH3 is 1. The first-order valence-corrected chi connectivity index (χ1v) is 42.5. The molecule has 1 atom stereocenters. The van der Waals surface area contributed by atoms with Crippen molar-refractivity contribution in [2.75, 3.05) is 136 Å². The minimum Gasteiger partial charge on any atom is -0.850 e. The van der Waals surface area contributed by atoms with Crippen molar-refractivity contribution in [3.63, 3.8) is 0 Å². The number of hydrogen-bond acceptors (Lipinski definition) is 20. The second kappa shape index (κ2) is 52.1. The number of nitrogen functional groups attached to an aromatic ring is 1. The van der Waals surface area contributed by atoms with E-state index in [1.54, 1.807) is 90.6 Å². The van der Waals surface area contributed by atoms with Gasteiger partial charge in [0.25, 0.3) is 11.8 Å². The maximum Gasteiger partial charge on any atom is 1.00 e. The summed E-state index contributed by atoms with van der Waals surface area (Å²) in [6, 6.07) is 44.0. The van der Waals surface area contributed by atoms with Gasteiger partial charge in [0.05, 0.1) is 42.9 Å². The molecule has 682 valence electrons. The molecule has 0 aliphatic carbocycles. The first-order valence-electron chi connectivity index (χ1n) is 42.5. The van der Waals surface area contributed by atoms with Crippen LogP contribution in [0.15, 0.2) is 183 Å². The third-order valence-corrected chi connectivity index (χ3v) is 21.2. The number of alkyl halides is 3. The molecule has 25 nitrogen and oxygen atoms in total. The number of ether oxygens (including phenoxy) is 2. The van der Waals surface area contributed by atoms with Crippen molar-refractivity contribution < 1.29 is 98.6 Å². The second-order valence-corrected chi connectivity index (χ2v) is 32.7. The average Bonchev–Trinajstić information content (AvgIpc) is 1.78. The van der Waals surface area contributed by atoms with Crippen LogP contribution in [-0.2, 0) is 35.3 Å². The van der Waals surface area contributed by atoms with Crippen molar-refractivity contribution in [2.45, 2.75) is 120 Å². The van der Waals surface area contributed by atoms with Crippen molar-refractivity contribution in [3.8, 4) is 35.5 Å². The van der Waals surface area contributed by atoms with E-state index >= 15 is 0 Å². The normalized spacial score (nSPS) is 14.6. The predicted molar refractivity (Wildman–Crippen MR) is 506 cm³/mol. The standard InChI is InChI=1S/2C29H30N6O.C17H13N3O2.C13H18F3N3.C5H10O.C4H9O.C2H6O.2ClH.K/c2*1-21-6-7-24(18-23(21)9-11-27-19-30-28-5-4-12-31-35(27)28)29(36)32-26-10-8-25(22(2)17-26)20-34-15-13-33(3)14-16-34;1-12-5-6-14(17(21)22-2)10-13(12)7-8-15-11-18-16-4-3-9-19-20(15)16;1-18-4-6-19(7-5-18)9-10-2-3-11(17)8-12(10)13(14,15)16;1-5-3-2-4-6-5;1-4(2,3)5;1-2-3;;;/h2*4-8,10,12,17-19H,13-16,20H2,1-3H3,(H,32,36);3-6,9-11H,1-2H3;2-3,8H,4-7,9,17H2,1H3;5H,2-4H2,1H3;1-3H3;3H,2H2,1H3;2*1H;/q;;;;;-1;;;;+1. The van der Waals surface area contributed by atoms with Gasteiger partial charge in [0.2, 0.25) is 0 Å². The quantitative estimate of drug-likeness (QED) is 0.0405. The Balaban J connectivity index is 0.000000229. The average molecular weight is 1840 g/mol. The zero-order chi connectivity index (χ0) is 91.3. The number of aryl methyl sites for hydroxylation is 5. The molecule has 2 amide bonds. The zero-order valence-corrected chi connectivity index (χ0v) is 81.7. The van der Waals surface area contributed by atoms with Crippen molar-refractivity contribution >= 4 is 76.6 Å². The van der Waals surface area contributed by atoms with Gasteiger partial charge in [-0.15, -0.1) is 30.4 Å². The summed E-state index contributed by atoms with van der Waals surface area (Å²) in [5.74, 6) is 18.1. The third-order valence-electron chi connectivity index (χ3n) is 21.2. The number of piperazine rings is 3. The second-order valence-electron chi connectivity index (χ2n) is 32.7. The van der Waals surface area contributed by atoms with E-state index in [0.717, 1.165) is 166 Å². The van der Waals surface area contributed by atoms with Crippen LogP contribution in [0, 0.1) is 70.1 Å². The molecule has 0 spiro atoms. The maximum atomic E-state index is 13.0. The summed E-state index contributed by atoms with van der Waals surface area (Å²) in [5.41, 5.74) is 22.4. The van der Waals surface area contributed by atoms with Crippen LogP contribution in [0.1, 0.15) is 162 Å². The van der Waals surface area contributed by atoms with Crippen LogP contribution in [0.5, 0.6) is 0 Å². The summed E-state index contributed by atoms with van der Waals surface area (Å²) in [5, 5.41) is 36.6. The molecular formula is C99H118Cl2F3KN18O7. The number of likely N-dealkylation sites (N-methyl/N-ethyl adjacent to an activating group) is 3. The summed E-state index contributed by atoms with van der Waals surface area (Å²) in [6.07, 6.45) is 8.91. The van der Waals surface area contributed by atoms with Crippen LogP contribution in [0.2, 0.25) is 0 Å². The molecule has 16 rings (SSSR count). The van der Waals surface area contributed by atoms with Gasteiger partial charge in [0.15, 0.2) is 16.9 Å². The van der Waals surface area contributed by atoms with Gasteiger partial charge in [-0.2, -0.15) is 28.5 Å². The summed E-state index contributed by atoms with van der Waals surface area (Å²) < 4.78 is 53.8. The number of nitrogens with one attached hydrogen (secondary N) is 2. The first kappa shape index (κ1) is 107. The van der Waals surface area contributed by atoms with Gasteiger partial charge in [0.1, 0.15) is 17.1 Å². The molecule has 5 N–H and O–H groups in total. The number of benzene rings is 6. The number of aromatic nitrogens is 9. The molecule has 0 bridgehead atoms. The van der Waals surface area contributed by atoms with E-state index in [2.05, 4.69) is 160 Å². The molecule has 4 aliphatic rings. The van der Waals surface area contributed by atoms with Gasteiger partial charge in [0, 0.05) is 175 Å². The number of rotatable bonds is 11. The molecule has 6 aromatic carbocycles. The number of esters is 1. The molecule has 0 saturated carbocycles. The molecular weight excluding hydrogens is 1720 g/mol. The summed E-state index contributed by atoms with van der Waals surface area (Å²) in [7, 11) is 7.71. The molecule has 4 aliphatic heterocycles. The minimum absolute atomic E-state index is 0. The molecule has 31 heteroatoms. The van der Waals surface area contributed by atoms with Gasteiger partial charge in [-0.1, -0.05) is 74.9 Å². The molecule has 4 saturated heterocycles. The largest absolute Gasteiger partial charge is 1.00 e. The Morgan fingerprint density at radius 1 is 0.508 bits per heavy atom. The van der Waals surface area contributed by atoms with Gasteiger partial charge < -0.3 is 50.8 Å². The third kappa shape index (κ3) is 33.2. The number of carbonyl (C=O) groups excluding carboxylic acids is 3. The van der Waals surface area contributed by atoms with Gasteiger partial charge in [-0.3, -0.25) is 24.3 Å². The van der Waals surface area contributed by atoms with Crippen molar-refractivity contribution in [3.05, 3.63) is 283 Å². The SMILES string of the molecule is CC(C)(C)[O-].CC1CCCO1.CCO.CN1CCN(Cc2ccc(N)cc2C(F)(F)F)CC1.COC(=O)c1ccc(C)c(C#Cc2cnc3cccnn23)c1.Cc1ccc(C(=O)Nc2ccc(CN3CCN(C)CC3)c(C)c2)cc1C#Cc1cnc2cccnn12.Cc1ccc(C(=O)Nc2ccc(CN3CCN(C)CC3)c(C)c2)cc1C#Cc1cnc2cccnn12.Cl.Cl.[K+]. The van der Waals surface area contributed by atoms with E-state index in [4.69, 9.17) is 20.3 Å². The van der Waals surface area contributed by atoms with Crippen molar-refractivity contribution in [1.29, 1.82) is 0 Å². The van der Waals surface area contributed by atoms with Crippen LogP contribution in [0.3, 0.4) is 0 Å². The van der Waals surface area contributed by atoms with Crippen LogP contribution >= 0.6 is 24.8 Å². The fourth-order valence-corrected chi connectivity index (χ4v) is 13.7. The Kier molecular flexibility index (Phi) is 42.8. The number of carbonyl (C=O) groups is 3. The number of nitrogens with two attached hydrogens (primary N) is 1. The van der Waals surface area contributed by atoms with Crippen LogP contribution in [0.25, 0.3) is 16.9 Å². The van der Waals surface area contributed by atoms with Crippen LogP contribution in [0.4, 0.5) is 30.2 Å². The van der Waals surface area contributed by atoms with Crippen molar-refractivity contribution in [1.82, 2.24) is 73.2 Å². The minimum atomic E-state index is -4.35. The number of hydrogen-bond donors (Lipinski definition) is 4. The monoisotopic (exact) mass is 1840 g/mol. The fraction of sp³-hybridized carbons (Fsp3) is 0.364. The van der Waals surface area contributed by atoms with Crippen LogP contribution < -0.4 is 72.9 Å². The van der Waals surface area contributed by atoms with E-state index in [0.29, 0.717) is 52.0 Å². The Morgan fingerprint density at radius 3 is 1.16 bits per heavy atom. The Labute approximate surface area is 816 Å². The van der Waals surface area contributed by atoms with E-state index < -0.39 is 17.3 Å². The molecule has 1 unspecified atom stereocenters. The Morgan fingerprint density at radius 2 is 0.846 bits per heavy atom. The summed E-state index contributed by atoms with van der Waals surface area (Å²) >= 11 is 0. The zero-order valence-electron chi connectivity index (χ0n) is 77.0. The van der Waals surface area contributed by atoms with E-state index in [9.17, 15) is 32.7 Å². The maximum absolute atomic E-state index is 13.0. The molecule has 4 fully saturated rings. The molecule has 6 aromatic heterocycles.